The molecular weight excluding hydrogens is 202 g/mol. The van der Waals surface area contributed by atoms with Gasteiger partial charge in [0.25, 0.3) is 0 Å². The van der Waals surface area contributed by atoms with Crippen molar-refractivity contribution < 1.29 is 4.74 Å². The summed E-state index contributed by atoms with van der Waals surface area (Å²) in [6, 6.07) is 3.83. The molecule has 0 bridgehead atoms. The largest absolute Gasteiger partial charge is 0.495 e. The Kier molecular flexibility index (Phi) is 2.09. The van der Waals surface area contributed by atoms with Crippen LogP contribution in [-0.4, -0.2) is 7.11 Å². The number of benzene rings is 1. The minimum absolute atomic E-state index is 0.691. The van der Waals surface area contributed by atoms with E-state index in [9.17, 15) is 0 Å². The van der Waals surface area contributed by atoms with Gasteiger partial charge in [-0.15, -0.1) is 24.0 Å². The first-order valence-electron chi connectivity index (χ1n) is 3.76. The molecule has 1 aromatic heterocycles. The number of rotatable bonds is 1. The van der Waals surface area contributed by atoms with Crippen molar-refractivity contribution in [2.24, 2.45) is 0 Å². The highest BCUT2D eigenvalue weighted by Crippen LogP contribution is 2.37. The number of ether oxygens (including phenoxy) is 1. The van der Waals surface area contributed by atoms with Crippen molar-refractivity contribution in [1.82, 2.24) is 0 Å². The number of thiophene rings is 1. The maximum Gasteiger partial charge on any atom is 0.143 e. The van der Waals surface area contributed by atoms with Gasteiger partial charge in [-0.05, 0) is 17.5 Å². The highest BCUT2D eigenvalue weighted by atomic mass is 32.1. The first kappa shape index (κ1) is 8.72. The number of nitrogens with two attached hydrogens (primary N) is 1. The molecule has 0 fully saturated rings. The lowest BCUT2D eigenvalue weighted by Crippen LogP contribution is -1.92. The maximum absolute atomic E-state index is 5.89. The van der Waals surface area contributed by atoms with Gasteiger partial charge in [-0.1, -0.05) is 0 Å². The first-order valence-corrected chi connectivity index (χ1v) is 5.09. The number of nitrogen functional groups attached to an aromatic ring is 1. The third kappa shape index (κ3) is 1.26. The molecule has 0 aliphatic heterocycles. The molecule has 0 aliphatic rings. The van der Waals surface area contributed by atoms with Crippen molar-refractivity contribution in [3.63, 3.8) is 0 Å². The topological polar surface area (TPSA) is 35.2 Å². The highest BCUT2D eigenvalue weighted by Gasteiger charge is 2.08. The molecule has 0 spiro atoms. The average Bonchev–Trinajstić information content (AvgIpc) is 2.60. The molecular formula is C9H9NOS2. The second-order valence-corrected chi connectivity index (χ2v) is 4.07. The van der Waals surface area contributed by atoms with Crippen LogP contribution >= 0.6 is 24.0 Å². The number of fused-ring (bicyclic) bond motifs is 1. The van der Waals surface area contributed by atoms with E-state index in [1.165, 1.54) is 0 Å². The van der Waals surface area contributed by atoms with Crippen LogP contribution in [0, 0.1) is 0 Å². The zero-order valence-corrected chi connectivity index (χ0v) is 8.78. The molecule has 2 nitrogen and oxygen atoms in total. The Balaban J connectivity index is 2.85. The van der Waals surface area contributed by atoms with Crippen LogP contribution in [0.2, 0.25) is 0 Å². The second-order valence-electron chi connectivity index (χ2n) is 2.68. The molecule has 2 rings (SSSR count). The van der Waals surface area contributed by atoms with Crippen molar-refractivity contribution in [1.29, 1.82) is 0 Å². The summed E-state index contributed by atoms with van der Waals surface area (Å²) < 4.78 is 6.25. The van der Waals surface area contributed by atoms with Crippen LogP contribution < -0.4 is 10.5 Å². The van der Waals surface area contributed by atoms with Crippen LogP contribution in [0.15, 0.2) is 22.4 Å². The molecule has 0 amide bonds. The Labute approximate surface area is 85.7 Å². The van der Waals surface area contributed by atoms with E-state index in [0.717, 1.165) is 15.0 Å². The van der Waals surface area contributed by atoms with Crippen molar-refractivity contribution in [3.8, 4) is 5.75 Å². The smallest absolute Gasteiger partial charge is 0.143 e. The molecule has 68 valence electrons. The molecule has 2 N–H and O–H groups in total. The predicted molar refractivity (Wildman–Crippen MR) is 60.0 cm³/mol. The van der Waals surface area contributed by atoms with Gasteiger partial charge in [-0.25, -0.2) is 0 Å². The van der Waals surface area contributed by atoms with E-state index >= 15 is 0 Å². The third-order valence-electron chi connectivity index (χ3n) is 1.94. The van der Waals surface area contributed by atoms with Crippen molar-refractivity contribution in [2.45, 2.75) is 4.90 Å². The molecule has 0 radical (unpaired) electrons. The van der Waals surface area contributed by atoms with Crippen LogP contribution in [0.4, 0.5) is 5.69 Å². The van der Waals surface area contributed by atoms with Crippen LogP contribution in [0.5, 0.6) is 5.75 Å². The molecule has 1 aromatic carbocycles. The number of hydrogen-bond donors (Lipinski definition) is 2. The van der Waals surface area contributed by atoms with Gasteiger partial charge in [0.15, 0.2) is 0 Å². The minimum Gasteiger partial charge on any atom is -0.495 e. The van der Waals surface area contributed by atoms with Gasteiger partial charge in [-0.2, -0.15) is 0 Å². The maximum atomic E-state index is 5.89. The van der Waals surface area contributed by atoms with E-state index < -0.39 is 0 Å². The molecule has 1 heterocycles. The molecule has 0 atom stereocenters. The minimum atomic E-state index is 0.691. The zero-order valence-electron chi connectivity index (χ0n) is 7.07. The molecule has 0 aliphatic carbocycles. The molecule has 0 unspecified atom stereocenters. The molecule has 0 saturated heterocycles. The van der Waals surface area contributed by atoms with Gasteiger partial charge < -0.3 is 10.5 Å². The Bertz CT molecular complexity index is 450. The summed E-state index contributed by atoms with van der Waals surface area (Å²) in [5, 5.41) is 3.02. The summed E-state index contributed by atoms with van der Waals surface area (Å²) in [5.74, 6) is 0.691. The normalized spacial score (nSPS) is 10.6. The van der Waals surface area contributed by atoms with Gasteiger partial charge in [0.2, 0.25) is 0 Å². The van der Waals surface area contributed by atoms with Gasteiger partial charge in [0.05, 0.1) is 12.8 Å². The summed E-state index contributed by atoms with van der Waals surface area (Å²) >= 11 is 6.00. The molecule has 13 heavy (non-hydrogen) atoms. The zero-order chi connectivity index (χ0) is 9.42. The summed E-state index contributed by atoms with van der Waals surface area (Å²) in [6.07, 6.45) is 0. The monoisotopic (exact) mass is 211 g/mol. The van der Waals surface area contributed by atoms with Crippen molar-refractivity contribution in [3.05, 3.63) is 17.5 Å². The number of methoxy groups -OCH3 is 1. The van der Waals surface area contributed by atoms with Gasteiger partial charge >= 0.3 is 0 Å². The van der Waals surface area contributed by atoms with Gasteiger partial charge in [-0.3, -0.25) is 0 Å². The molecule has 2 aromatic rings. The lowest BCUT2D eigenvalue weighted by molar-refractivity contribution is 0.416. The van der Waals surface area contributed by atoms with Crippen LogP contribution in [0.3, 0.4) is 0 Å². The van der Waals surface area contributed by atoms with Gasteiger partial charge in [0.1, 0.15) is 5.75 Å². The Morgan fingerprint density at radius 1 is 1.54 bits per heavy atom. The summed E-state index contributed by atoms with van der Waals surface area (Å²) in [5.41, 5.74) is 6.58. The second kappa shape index (κ2) is 3.12. The van der Waals surface area contributed by atoms with Crippen LogP contribution in [-0.2, 0) is 0 Å². The fourth-order valence-electron chi connectivity index (χ4n) is 1.29. The quantitative estimate of drug-likeness (QED) is 0.562. The lowest BCUT2D eigenvalue weighted by atomic mass is 10.2. The standard InChI is InChI=1S/C9H9NOS2/c1-11-6-4-7(12)9-5(8(6)10)2-3-13-9/h2-4,12H,10H2,1H3. The van der Waals surface area contributed by atoms with Gasteiger partial charge in [0, 0.05) is 15.0 Å². The van der Waals surface area contributed by atoms with E-state index in [1.807, 2.05) is 17.5 Å². The van der Waals surface area contributed by atoms with E-state index in [2.05, 4.69) is 12.6 Å². The molecule has 0 saturated carbocycles. The van der Waals surface area contributed by atoms with Crippen molar-refractivity contribution in [2.75, 3.05) is 12.8 Å². The first-order chi connectivity index (χ1) is 6.24. The lowest BCUT2D eigenvalue weighted by Gasteiger charge is -2.06. The summed E-state index contributed by atoms with van der Waals surface area (Å²) in [6.45, 7) is 0. The summed E-state index contributed by atoms with van der Waals surface area (Å²) in [4.78, 5) is 0.913. The Hall–Kier alpha value is -0.870. The number of thiol groups is 1. The molecule has 4 heteroatoms. The van der Waals surface area contributed by atoms with Crippen molar-refractivity contribution >= 4 is 39.7 Å². The van der Waals surface area contributed by atoms with Crippen LogP contribution in [0.25, 0.3) is 10.1 Å². The third-order valence-corrected chi connectivity index (χ3v) is 3.39. The fourth-order valence-corrected chi connectivity index (χ4v) is 2.51. The van der Waals surface area contributed by atoms with E-state index in [1.54, 1.807) is 18.4 Å². The Morgan fingerprint density at radius 3 is 3.00 bits per heavy atom. The van der Waals surface area contributed by atoms with E-state index in [-0.39, 0.29) is 0 Å². The van der Waals surface area contributed by atoms with E-state index in [4.69, 9.17) is 10.5 Å². The van der Waals surface area contributed by atoms with E-state index in [0.29, 0.717) is 11.4 Å². The summed E-state index contributed by atoms with van der Waals surface area (Å²) in [7, 11) is 1.61. The fraction of sp³-hybridized carbons (Fsp3) is 0.111. The predicted octanol–water partition coefficient (Wildman–Crippen LogP) is 2.78. The number of anilines is 1. The highest BCUT2D eigenvalue weighted by molar-refractivity contribution is 7.80. The average molecular weight is 211 g/mol. The van der Waals surface area contributed by atoms with Crippen LogP contribution in [0.1, 0.15) is 0 Å². The SMILES string of the molecule is COc1cc(S)c2sccc2c1N. The Morgan fingerprint density at radius 2 is 2.31 bits per heavy atom. The number of hydrogen-bond acceptors (Lipinski definition) is 4.